The molecule has 3 aromatic carbocycles. The number of rotatable bonds is 6. The molecule has 2 amide bonds. The first-order valence-electron chi connectivity index (χ1n) is 10.8. The fourth-order valence-electron chi connectivity index (χ4n) is 3.63. The molecule has 8 heteroatoms. The number of ether oxygens (including phenoxy) is 2. The summed E-state index contributed by atoms with van der Waals surface area (Å²) >= 11 is 0. The van der Waals surface area contributed by atoms with Gasteiger partial charge in [-0.25, -0.2) is 0 Å². The van der Waals surface area contributed by atoms with Gasteiger partial charge in [0.25, 0.3) is 11.8 Å². The number of carbonyl (C=O) groups is 3. The van der Waals surface area contributed by atoms with Gasteiger partial charge in [0.05, 0.1) is 11.3 Å². The molecular formula is C27H20N2O6. The van der Waals surface area contributed by atoms with Gasteiger partial charge in [0.1, 0.15) is 5.76 Å². The molecular weight excluding hydrogens is 448 g/mol. The van der Waals surface area contributed by atoms with Crippen molar-refractivity contribution >= 4 is 29.0 Å². The fraction of sp³-hybridized carbons (Fsp3) is 0.0741. The summed E-state index contributed by atoms with van der Waals surface area (Å²) in [6.45, 7) is 1.64. The standard InChI is InChI=1S/C27H20N2O6/c1-16(30)17-6-8-18(9-7-17)22-12-13-24(35-22)27(32)29-21-5-3-2-4-20(21)26(31)28-19-10-11-23-25(14-19)34-15-33-23/h2-14H,15H2,1H3,(H,28,31)(H,29,32). The molecule has 0 fully saturated rings. The summed E-state index contributed by atoms with van der Waals surface area (Å²) < 4.78 is 16.4. The number of furan rings is 1. The summed E-state index contributed by atoms with van der Waals surface area (Å²) in [7, 11) is 0. The third-order valence-electron chi connectivity index (χ3n) is 5.46. The minimum atomic E-state index is -0.500. The lowest BCUT2D eigenvalue weighted by atomic mass is 10.1. The summed E-state index contributed by atoms with van der Waals surface area (Å²) in [6, 6.07) is 21.9. The van der Waals surface area contributed by atoms with Crippen LogP contribution in [0.1, 0.15) is 38.2 Å². The number of ketones is 1. The van der Waals surface area contributed by atoms with Crippen molar-refractivity contribution in [2.24, 2.45) is 0 Å². The monoisotopic (exact) mass is 468 g/mol. The van der Waals surface area contributed by atoms with E-state index in [9.17, 15) is 14.4 Å². The molecule has 0 spiro atoms. The topological polar surface area (TPSA) is 107 Å². The Morgan fingerprint density at radius 1 is 0.771 bits per heavy atom. The minimum absolute atomic E-state index is 0.0303. The van der Waals surface area contributed by atoms with Crippen LogP contribution >= 0.6 is 0 Å². The first-order chi connectivity index (χ1) is 17.0. The molecule has 0 saturated carbocycles. The number of hydrogen-bond acceptors (Lipinski definition) is 6. The van der Waals surface area contributed by atoms with E-state index in [1.54, 1.807) is 78.9 Å². The van der Waals surface area contributed by atoms with Crippen molar-refractivity contribution in [3.05, 3.63) is 95.7 Å². The predicted octanol–water partition coefficient (Wildman–Crippen LogP) is 5.38. The second-order valence-electron chi connectivity index (χ2n) is 7.82. The Morgan fingerprint density at radius 2 is 1.54 bits per heavy atom. The van der Waals surface area contributed by atoms with E-state index in [4.69, 9.17) is 13.9 Å². The van der Waals surface area contributed by atoms with Gasteiger partial charge in [-0.05, 0) is 43.3 Å². The number of benzene rings is 3. The summed E-state index contributed by atoms with van der Waals surface area (Å²) in [5.41, 5.74) is 2.47. The molecule has 4 aromatic rings. The average Bonchev–Trinajstić information content (AvgIpc) is 3.54. The van der Waals surface area contributed by atoms with E-state index in [1.807, 2.05) is 0 Å². The highest BCUT2D eigenvalue weighted by Gasteiger charge is 2.19. The van der Waals surface area contributed by atoms with Crippen LogP contribution < -0.4 is 20.1 Å². The van der Waals surface area contributed by atoms with E-state index in [0.29, 0.717) is 34.2 Å². The van der Waals surface area contributed by atoms with Crippen molar-refractivity contribution in [2.75, 3.05) is 17.4 Å². The molecule has 1 aliphatic heterocycles. The smallest absolute Gasteiger partial charge is 0.291 e. The maximum absolute atomic E-state index is 12.9. The second-order valence-corrected chi connectivity index (χ2v) is 7.82. The molecule has 5 rings (SSSR count). The van der Waals surface area contributed by atoms with Crippen molar-refractivity contribution in [3.63, 3.8) is 0 Å². The van der Waals surface area contributed by atoms with Crippen LogP contribution in [0.25, 0.3) is 11.3 Å². The molecule has 0 unspecified atom stereocenters. The van der Waals surface area contributed by atoms with Gasteiger partial charge >= 0.3 is 0 Å². The van der Waals surface area contributed by atoms with Gasteiger partial charge in [0.15, 0.2) is 23.0 Å². The Morgan fingerprint density at radius 3 is 2.34 bits per heavy atom. The number of nitrogens with one attached hydrogen (secondary N) is 2. The van der Waals surface area contributed by atoms with Gasteiger partial charge in [0.2, 0.25) is 6.79 Å². The van der Waals surface area contributed by atoms with Crippen LogP contribution in [0.5, 0.6) is 11.5 Å². The quantitative estimate of drug-likeness (QED) is 0.368. The number of amides is 2. The van der Waals surface area contributed by atoms with Gasteiger partial charge in [-0.2, -0.15) is 0 Å². The Hall–Kier alpha value is -4.85. The summed E-state index contributed by atoms with van der Waals surface area (Å²) in [5, 5.41) is 5.55. The average molecular weight is 468 g/mol. The molecule has 8 nitrogen and oxygen atoms in total. The number of carbonyl (C=O) groups excluding carboxylic acids is 3. The fourth-order valence-corrected chi connectivity index (χ4v) is 3.63. The Kier molecular flexibility index (Phi) is 5.76. The lowest BCUT2D eigenvalue weighted by molar-refractivity contribution is 0.0994. The highest BCUT2D eigenvalue weighted by Crippen LogP contribution is 2.34. The largest absolute Gasteiger partial charge is 0.454 e. The number of fused-ring (bicyclic) bond motifs is 1. The second kappa shape index (κ2) is 9.18. The summed E-state index contributed by atoms with van der Waals surface area (Å²) in [4.78, 5) is 37.3. The maximum Gasteiger partial charge on any atom is 0.291 e. The first-order valence-corrected chi connectivity index (χ1v) is 10.8. The number of anilines is 2. The van der Waals surface area contributed by atoms with E-state index >= 15 is 0 Å². The van der Waals surface area contributed by atoms with Crippen LogP contribution in [0.2, 0.25) is 0 Å². The molecule has 0 atom stereocenters. The van der Waals surface area contributed by atoms with Crippen LogP contribution in [0.4, 0.5) is 11.4 Å². The van der Waals surface area contributed by atoms with Gasteiger partial charge < -0.3 is 24.5 Å². The molecule has 1 aliphatic rings. The van der Waals surface area contributed by atoms with Gasteiger partial charge in [-0.15, -0.1) is 0 Å². The first kappa shape index (κ1) is 22.0. The van der Waals surface area contributed by atoms with Crippen molar-refractivity contribution in [1.29, 1.82) is 0 Å². The van der Waals surface area contributed by atoms with E-state index in [1.165, 1.54) is 6.92 Å². The van der Waals surface area contributed by atoms with Gasteiger partial charge in [-0.3, -0.25) is 14.4 Å². The zero-order valence-corrected chi connectivity index (χ0v) is 18.7. The molecule has 35 heavy (non-hydrogen) atoms. The SMILES string of the molecule is CC(=O)c1ccc(-c2ccc(C(=O)Nc3ccccc3C(=O)Nc3ccc4c(c3)OCO4)o2)cc1. The Bertz CT molecular complexity index is 1440. The minimum Gasteiger partial charge on any atom is -0.454 e. The van der Waals surface area contributed by atoms with Crippen molar-refractivity contribution in [2.45, 2.75) is 6.92 Å². The molecule has 0 saturated heterocycles. The Balaban J connectivity index is 1.31. The Labute approximate surface area is 200 Å². The summed E-state index contributed by atoms with van der Waals surface area (Å²) in [6.07, 6.45) is 0. The number of Topliss-reactive ketones (excluding diaryl/α,β-unsaturated/α-hetero) is 1. The maximum atomic E-state index is 12.9. The number of para-hydroxylation sites is 1. The third-order valence-corrected chi connectivity index (χ3v) is 5.46. The number of hydrogen-bond donors (Lipinski definition) is 2. The highest BCUT2D eigenvalue weighted by molar-refractivity contribution is 6.12. The molecule has 174 valence electrons. The lowest BCUT2D eigenvalue weighted by Gasteiger charge is -2.11. The van der Waals surface area contributed by atoms with Crippen molar-refractivity contribution in [3.8, 4) is 22.8 Å². The third kappa shape index (κ3) is 4.63. The molecule has 2 heterocycles. The molecule has 0 aliphatic carbocycles. The lowest BCUT2D eigenvalue weighted by Crippen LogP contribution is -2.18. The molecule has 0 bridgehead atoms. The molecule has 1 aromatic heterocycles. The van der Waals surface area contributed by atoms with Crippen LogP contribution in [-0.4, -0.2) is 24.4 Å². The highest BCUT2D eigenvalue weighted by atomic mass is 16.7. The molecule has 2 N–H and O–H groups in total. The zero-order valence-electron chi connectivity index (χ0n) is 18.7. The van der Waals surface area contributed by atoms with E-state index in [0.717, 1.165) is 5.56 Å². The zero-order chi connectivity index (χ0) is 24.4. The van der Waals surface area contributed by atoms with Crippen LogP contribution in [-0.2, 0) is 0 Å². The molecule has 0 radical (unpaired) electrons. The van der Waals surface area contributed by atoms with Crippen LogP contribution in [0.15, 0.2) is 83.3 Å². The van der Waals surface area contributed by atoms with E-state index in [-0.39, 0.29) is 23.9 Å². The van der Waals surface area contributed by atoms with E-state index in [2.05, 4.69) is 10.6 Å². The summed E-state index contributed by atoms with van der Waals surface area (Å²) in [5.74, 6) is 0.806. The van der Waals surface area contributed by atoms with E-state index < -0.39 is 11.8 Å². The van der Waals surface area contributed by atoms with Crippen LogP contribution in [0.3, 0.4) is 0 Å². The van der Waals surface area contributed by atoms with Crippen LogP contribution in [0, 0.1) is 0 Å². The van der Waals surface area contributed by atoms with Gasteiger partial charge in [0, 0.05) is 22.9 Å². The normalized spacial score (nSPS) is 11.7. The predicted molar refractivity (Wildman–Crippen MR) is 129 cm³/mol. The van der Waals surface area contributed by atoms with Crippen molar-refractivity contribution in [1.82, 2.24) is 0 Å². The van der Waals surface area contributed by atoms with Gasteiger partial charge in [-0.1, -0.05) is 36.4 Å². The van der Waals surface area contributed by atoms with Crippen molar-refractivity contribution < 1.29 is 28.3 Å².